The summed E-state index contributed by atoms with van der Waals surface area (Å²) in [5, 5.41) is 6.14. The number of piperidine rings is 1. The monoisotopic (exact) mass is 343 g/mol. The lowest BCUT2D eigenvalue weighted by atomic mass is 9.93. The highest BCUT2D eigenvalue weighted by molar-refractivity contribution is 5.89. The Morgan fingerprint density at radius 3 is 2.56 bits per heavy atom. The van der Waals surface area contributed by atoms with Crippen molar-refractivity contribution in [1.29, 1.82) is 0 Å². The van der Waals surface area contributed by atoms with Crippen molar-refractivity contribution in [3.8, 4) is 11.5 Å². The highest BCUT2D eigenvalue weighted by atomic mass is 19.1. The molecule has 0 bridgehead atoms. The summed E-state index contributed by atoms with van der Waals surface area (Å²) in [5.74, 6) is 1.86. The van der Waals surface area contributed by atoms with Crippen LogP contribution in [0, 0.1) is 11.7 Å². The molecule has 132 valence electrons. The molecule has 2 heterocycles. The zero-order valence-corrected chi connectivity index (χ0v) is 14.0. The van der Waals surface area contributed by atoms with Gasteiger partial charge in [-0.1, -0.05) is 0 Å². The van der Waals surface area contributed by atoms with Gasteiger partial charge in [0.15, 0.2) is 0 Å². The number of ether oxygens (including phenoxy) is 1. The fourth-order valence-corrected chi connectivity index (χ4v) is 2.86. The van der Waals surface area contributed by atoms with E-state index >= 15 is 0 Å². The molecule has 5 nitrogen and oxygen atoms in total. The average Bonchev–Trinajstić information content (AvgIpc) is 2.64. The van der Waals surface area contributed by atoms with Gasteiger partial charge < -0.3 is 15.4 Å². The number of hydrogen-bond donors (Lipinski definition) is 2. The summed E-state index contributed by atoms with van der Waals surface area (Å²) < 4.78 is 18.4. The van der Waals surface area contributed by atoms with E-state index in [9.17, 15) is 9.18 Å². The Morgan fingerprint density at radius 2 is 1.88 bits per heavy atom. The van der Waals surface area contributed by atoms with Crippen LogP contribution in [0.2, 0.25) is 0 Å². The maximum absolute atomic E-state index is 12.9. The van der Waals surface area contributed by atoms with Crippen molar-refractivity contribution < 1.29 is 13.9 Å². The molecular weight excluding hydrogens is 321 g/mol. The fraction of sp³-hybridized carbons (Fsp3) is 0.368. The van der Waals surface area contributed by atoms with E-state index in [0.29, 0.717) is 29.7 Å². The number of halogens is 1. The van der Waals surface area contributed by atoms with Crippen molar-refractivity contribution >= 4 is 11.7 Å². The Morgan fingerprint density at radius 1 is 1.16 bits per heavy atom. The Kier molecular flexibility index (Phi) is 5.95. The zero-order chi connectivity index (χ0) is 17.5. The molecule has 1 aliphatic rings. The lowest BCUT2D eigenvalue weighted by Crippen LogP contribution is -2.28. The Balaban J connectivity index is 1.46. The minimum absolute atomic E-state index is 0.0155. The largest absolute Gasteiger partial charge is 0.456 e. The molecule has 0 atom stereocenters. The summed E-state index contributed by atoms with van der Waals surface area (Å²) >= 11 is 0. The molecule has 0 spiro atoms. The summed E-state index contributed by atoms with van der Waals surface area (Å²) in [6, 6.07) is 9.18. The van der Waals surface area contributed by atoms with E-state index in [1.807, 2.05) is 0 Å². The minimum Gasteiger partial charge on any atom is -0.456 e. The number of hydrogen-bond acceptors (Lipinski definition) is 4. The lowest BCUT2D eigenvalue weighted by Gasteiger charge is -2.22. The summed E-state index contributed by atoms with van der Waals surface area (Å²) in [7, 11) is 0. The Hall–Kier alpha value is -2.47. The van der Waals surface area contributed by atoms with Gasteiger partial charge in [-0.05, 0) is 74.7 Å². The fourth-order valence-electron chi connectivity index (χ4n) is 2.86. The van der Waals surface area contributed by atoms with Gasteiger partial charge in [0.2, 0.25) is 5.91 Å². The number of carbonyl (C=O) groups is 1. The van der Waals surface area contributed by atoms with Crippen LogP contribution in [0.15, 0.2) is 42.6 Å². The minimum atomic E-state index is -0.312. The van der Waals surface area contributed by atoms with Crippen molar-refractivity contribution in [3.63, 3.8) is 0 Å². The molecule has 3 rings (SSSR count). The van der Waals surface area contributed by atoms with Crippen LogP contribution in [0.3, 0.4) is 0 Å². The number of nitrogens with one attached hydrogen (secondary N) is 2. The first-order chi connectivity index (χ1) is 12.2. The smallest absolute Gasteiger partial charge is 0.225 e. The first-order valence-electron chi connectivity index (χ1n) is 8.59. The van der Waals surface area contributed by atoms with E-state index in [4.69, 9.17) is 4.74 Å². The first-order valence-corrected chi connectivity index (χ1v) is 8.59. The van der Waals surface area contributed by atoms with Crippen LogP contribution in [0.1, 0.15) is 25.7 Å². The van der Waals surface area contributed by atoms with E-state index in [-0.39, 0.29) is 11.7 Å². The second-order valence-electron chi connectivity index (χ2n) is 6.22. The molecule has 1 aliphatic heterocycles. The summed E-state index contributed by atoms with van der Waals surface area (Å²) in [4.78, 5) is 16.2. The third kappa shape index (κ3) is 5.53. The predicted octanol–water partition coefficient (Wildman–Crippen LogP) is 3.73. The van der Waals surface area contributed by atoms with E-state index in [1.54, 1.807) is 24.3 Å². The second kappa shape index (κ2) is 8.58. The van der Waals surface area contributed by atoms with Gasteiger partial charge in [0.05, 0.1) is 6.20 Å². The van der Waals surface area contributed by atoms with Crippen LogP contribution in [-0.4, -0.2) is 24.0 Å². The third-order valence-corrected chi connectivity index (χ3v) is 4.29. The average molecular weight is 343 g/mol. The second-order valence-corrected chi connectivity index (χ2v) is 6.22. The van der Waals surface area contributed by atoms with Crippen molar-refractivity contribution in [2.24, 2.45) is 5.92 Å². The standard InChI is InChI=1S/C19H22FN3O2/c20-15-2-4-16(5-3-15)25-17-6-7-18(22-13-17)23-19(24)8-1-14-9-11-21-12-10-14/h2-7,13-14,21H,1,8-12H2,(H,22,23,24). The number of carbonyl (C=O) groups excluding carboxylic acids is 1. The summed E-state index contributed by atoms with van der Waals surface area (Å²) in [6.45, 7) is 2.09. The molecule has 1 amide bonds. The summed E-state index contributed by atoms with van der Waals surface area (Å²) in [6.07, 6.45) is 5.24. The maximum atomic E-state index is 12.9. The van der Waals surface area contributed by atoms with Gasteiger partial charge in [0.25, 0.3) is 0 Å². The van der Waals surface area contributed by atoms with Gasteiger partial charge >= 0.3 is 0 Å². The molecule has 0 unspecified atom stereocenters. The third-order valence-electron chi connectivity index (χ3n) is 4.29. The van der Waals surface area contributed by atoms with Crippen molar-refractivity contribution in [1.82, 2.24) is 10.3 Å². The molecule has 0 radical (unpaired) electrons. The lowest BCUT2D eigenvalue weighted by molar-refractivity contribution is -0.116. The number of benzene rings is 1. The number of rotatable bonds is 6. The highest BCUT2D eigenvalue weighted by Gasteiger charge is 2.14. The molecule has 0 saturated carbocycles. The summed E-state index contributed by atoms with van der Waals surface area (Å²) in [5.41, 5.74) is 0. The number of aromatic nitrogens is 1. The highest BCUT2D eigenvalue weighted by Crippen LogP contribution is 2.22. The zero-order valence-electron chi connectivity index (χ0n) is 14.0. The van der Waals surface area contributed by atoms with Crippen LogP contribution < -0.4 is 15.4 Å². The molecule has 1 aromatic carbocycles. The molecule has 1 fully saturated rings. The van der Waals surface area contributed by atoms with Gasteiger partial charge in [-0.25, -0.2) is 9.37 Å². The van der Waals surface area contributed by atoms with E-state index in [0.717, 1.165) is 32.4 Å². The van der Waals surface area contributed by atoms with Gasteiger partial charge in [0.1, 0.15) is 23.1 Å². The van der Waals surface area contributed by atoms with Gasteiger partial charge in [-0.3, -0.25) is 4.79 Å². The molecule has 2 aromatic rings. The molecule has 2 N–H and O–H groups in total. The van der Waals surface area contributed by atoms with Crippen LogP contribution in [-0.2, 0) is 4.79 Å². The number of pyridine rings is 1. The number of amides is 1. The normalized spacial score (nSPS) is 14.9. The first kappa shape index (κ1) is 17.4. The van der Waals surface area contributed by atoms with Crippen LogP contribution in [0.5, 0.6) is 11.5 Å². The molecule has 1 aromatic heterocycles. The Labute approximate surface area is 146 Å². The molecule has 25 heavy (non-hydrogen) atoms. The van der Waals surface area contributed by atoms with Crippen molar-refractivity contribution in [3.05, 3.63) is 48.4 Å². The number of nitrogens with zero attached hydrogens (tertiary/aromatic N) is 1. The predicted molar refractivity (Wildman–Crippen MR) is 94.2 cm³/mol. The van der Waals surface area contributed by atoms with Crippen LogP contribution in [0.25, 0.3) is 0 Å². The van der Waals surface area contributed by atoms with Crippen molar-refractivity contribution in [2.45, 2.75) is 25.7 Å². The molecule has 1 saturated heterocycles. The van der Waals surface area contributed by atoms with E-state index in [2.05, 4.69) is 15.6 Å². The number of anilines is 1. The maximum Gasteiger partial charge on any atom is 0.225 e. The molecule has 6 heteroatoms. The topological polar surface area (TPSA) is 63.2 Å². The van der Waals surface area contributed by atoms with Gasteiger partial charge in [-0.2, -0.15) is 0 Å². The molecule has 0 aliphatic carbocycles. The molecular formula is C19H22FN3O2. The van der Waals surface area contributed by atoms with E-state index < -0.39 is 0 Å². The van der Waals surface area contributed by atoms with E-state index in [1.165, 1.54) is 18.3 Å². The van der Waals surface area contributed by atoms with Crippen LogP contribution in [0.4, 0.5) is 10.2 Å². The van der Waals surface area contributed by atoms with Crippen LogP contribution >= 0.6 is 0 Å². The van der Waals surface area contributed by atoms with Crippen molar-refractivity contribution in [2.75, 3.05) is 18.4 Å². The van der Waals surface area contributed by atoms with Gasteiger partial charge in [-0.15, -0.1) is 0 Å². The Bertz CT molecular complexity index is 683. The SMILES string of the molecule is O=C(CCC1CCNCC1)Nc1ccc(Oc2ccc(F)cc2)cn1. The van der Waals surface area contributed by atoms with Gasteiger partial charge in [0, 0.05) is 6.42 Å². The quantitative estimate of drug-likeness (QED) is 0.839.